The summed E-state index contributed by atoms with van der Waals surface area (Å²) < 4.78 is 15.7. The van der Waals surface area contributed by atoms with Crippen LogP contribution in [0, 0.1) is 5.82 Å². The van der Waals surface area contributed by atoms with E-state index in [0.717, 1.165) is 35.7 Å². The molecule has 0 saturated carbocycles. The van der Waals surface area contributed by atoms with E-state index in [4.69, 9.17) is 0 Å². The van der Waals surface area contributed by atoms with Crippen molar-refractivity contribution in [2.45, 2.75) is 0 Å². The lowest BCUT2D eigenvalue weighted by Gasteiger charge is -2.16. The summed E-state index contributed by atoms with van der Waals surface area (Å²) in [7, 11) is 0. The van der Waals surface area contributed by atoms with Crippen LogP contribution in [0.3, 0.4) is 0 Å². The maximum atomic E-state index is 13.9. The third kappa shape index (κ3) is 1.63. The van der Waals surface area contributed by atoms with Gasteiger partial charge in [-0.2, -0.15) is 0 Å². The second-order valence-corrected chi connectivity index (χ2v) is 4.80. The molecule has 1 aliphatic rings. The number of anilines is 1. The zero-order valence-electron chi connectivity index (χ0n) is 10.7. The summed E-state index contributed by atoms with van der Waals surface area (Å²) in [6, 6.07) is 10.8. The molecule has 20 heavy (non-hydrogen) atoms. The standard InChI is InChI=1S/C15H13FN4/c16-13-6-5-12(10-3-1-2-4-11(10)13)14-9-20-15(19-14)17-7-8-18-20/h1-6,9,18H,7-8H2,(H,17,19). The summed E-state index contributed by atoms with van der Waals surface area (Å²) >= 11 is 0. The molecule has 3 aromatic rings. The maximum absolute atomic E-state index is 13.9. The number of aromatic nitrogens is 2. The van der Waals surface area contributed by atoms with Crippen molar-refractivity contribution < 1.29 is 4.39 Å². The van der Waals surface area contributed by atoms with E-state index < -0.39 is 0 Å². The molecule has 0 amide bonds. The van der Waals surface area contributed by atoms with Crippen LogP contribution in [-0.2, 0) is 0 Å². The van der Waals surface area contributed by atoms with Gasteiger partial charge in [-0.05, 0) is 17.5 Å². The molecule has 4 rings (SSSR count). The minimum Gasteiger partial charge on any atom is -0.352 e. The molecule has 1 aromatic heterocycles. The summed E-state index contributed by atoms with van der Waals surface area (Å²) in [6.07, 6.45) is 1.93. The molecule has 0 unspecified atom stereocenters. The Balaban J connectivity index is 1.94. The van der Waals surface area contributed by atoms with Crippen molar-refractivity contribution in [2.75, 3.05) is 23.8 Å². The SMILES string of the molecule is Fc1ccc(-c2cn3c(n2)NCCN3)c2ccccc12. The van der Waals surface area contributed by atoms with Crippen LogP contribution in [0.15, 0.2) is 42.6 Å². The third-order valence-corrected chi connectivity index (χ3v) is 3.54. The lowest BCUT2D eigenvalue weighted by atomic mass is 10.0. The first-order valence-electron chi connectivity index (χ1n) is 6.58. The summed E-state index contributed by atoms with van der Waals surface area (Å²) in [5.41, 5.74) is 5.00. The van der Waals surface area contributed by atoms with Crippen molar-refractivity contribution in [3.05, 3.63) is 48.4 Å². The first kappa shape index (κ1) is 11.3. The predicted molar refractivity (Wildman–Crippen MR) is 77.8 cm³/mol. The number of nitrogens with one attached hydrogen (secondary N) is 2. The van der Waals surface area contributed by atoms with Gasteiger partial charge in [0.15, 0.2) is 0 Å². The average molecular weight is 268 g/mol. The van der Waals surface area contributed by atoms with E-state index in [-0.39, 0.29) is 5.82 Å². The van der Waals surface area contributed by atoms with Gasteiger partial charge in [0.05, 0.1) is 11.9 Å². The van der Waals surface area contributed by atoms with E-state index in [1.165, 1.54) is 6.07 Å². The Morgan fingerprint density at radius 1 is 1.05 bits per heavy atom. The molecule has 4 nitrogen and oxygen atoms in total. The second-order valence-electron chi connectivity index (χ2n) is 4.80. The van der Waals surface area contributed by atoms with Gasteiger partial charge in [0.2, 0.25) is 5.95 Å². The molecular formula is C15H13FN4. The van der Waals surface area contributed by atoms with Crippen LogP contribution in [-0.4, -0.2) is 22.7 Å². The van der Waals surface area contributed by atoms with Crippen molar-refractivity contribution in [2.24, 2.45) is 0 Å². The Bertz CT molecular complexity index is 770. The minimum atomic E-state index is -0.204. The highest BCUT2D eigenvalue weighted by atomic mass is 19.1. The smallest absolute Gasteiger partial charge is 0.222 e. The van der Waals surface area contributed by atoms with E-state index >= 15 is 0 Å². The van der Waals surface area contributed by atoms with Crippen molar-refractivity contribution in [3.63, 3.8) is 0 Å². The molecule has 1 aliphatic heterocycles. The molecule has 2 heterocycles. The number of nitrogens with zero attached hydrogens (tertiary/aromatic N) is 2. The third-order valence-electron chi connectivity index (χ3n) is 3.54. The zero-order valence-corrected chi connectivity index (χ0v) is 10.7. The first-order chi connectivity index (χ1) is 9.83. The highest BCUT2D eigenvalue weighted by molar-refractivity contribution is 5.96. The van der Waals surface area contributed by atoms with Crippen molar-refractivity contribution in [3.8, 4) is 11.3 Å². The lowest BCUT2D eigenvalue weighted by molar-refractivity contribution is 0.640. The van der Waals surface area contributed by atoms with Gasteiger partial charge in [0.25, 0.3) is 0 Å². The predicted octanol–water partition coefficient (Wildman–Crippen LogP) is 2.81. The van der Waals surface area contributed by atoms with Crippen LogP contribution in [0.2, 0.25) is 0 Å². The van der Waals surface area contributed by atoms with Gasteiger partial charge < -0.3 is 10.7 Å². The van der Waals surface area contributed by atoms with E-state index in [1.807, 2.05) is 29.1 Å². The second kappa shape index (κ2) is 4.23. The van der Waals surface area contributed by atoms with E-state index in [2.05, 4.69) is 15.7 Å². The Morgan fingerprint density at radius 3 is 2.75 bits per heavy atom. The molecule has 0 spiro atoms. The van der Waals surface area contributed by atoms with Crippen molar-refractivity contribution in [1.29, 1.82) is 0 Å². The van der Waals surface area contributed by atoms with E-state index in [9.17, 15) is 4.39 Å². The molecule has 0 radical (unpaired) electrons. The minimum absolute atomic E-state index is 0.204. The van der Waals surface area contributed by atoms with Crippen LogP contribution < -0.4 is 10.7 Å². The molecule has 5 heteroatoms. The van der Waals surface area contributed by atoms with Gasteiger partial charge in [0.1, 0.15) is 5.82 Å². The Hall–Kier alpha value is -2.56. The van der Waals surface area contributed by atoms with Gasteiger partial charge in [-0.3, -0.25) is 0 Å². The molecule has 2 N–H and O–H groups in total. The van der Waals surface area contributed by atoms with Crippen LogP contribution in [0.1, 0.15) is 0 Å². The van der Waals surface area contributed by atoms with Gasteiger partial charge in [-0.25, -0.2) is 14.1 Å². The molecule has 2 aromatic carbocycles. The molecule has 0 saturated heterocycles. The summed E-state index contributed by atoms with van der Waals surface area (Å²) in [5, 5.41) is 4.73. The topological polar surface area (TPSA) is 41.9 Å². The Labute approximate surface area is 115 Å². The number of imidazole rings is 1. The van der Waals surface area contributed by atoms with Crippen LogP contribution >= 0.6 is 0 Å². The quantitative estimate of drug-likeness (QED) is 0.713. The summed E-state index contributed by atoms with van der Waals surface area (Å²) in [6.45, 7) is 1.70. The molecule has 0 bridgehead atoms. The van der Waals surface area contributed by atoms with Crippen LogP contribution in [0.25, 0.3) is 22.0 Å². The first-order valence-corrected chi connectivity index (χ1v) is 6.58. The van der Waals surface area contributed by atoms with Crippen LogP contribution in [0.4, 0.5) is 10.3 Å². The fourth-order valence-corrected chi connectivity index (χ4v) is 2.59. The Morgan fingerprint density at radius 2 is 1.90 bits per heavy atom. The fourth-order valence-electron chi connectivity index (χ4n) is 2.59. The Kier molecular flexibility index (Phi) is 2.39. The monoisotopic (exact) mass is 268 g/mol. The lowest BCUT2D eigenvalue weighted by Crippen LogP contribution is -2.29. The van der Waals surface area contributed by atoms with E-state index in [0.29, 0.717) is 5.39 Å². The molecular weight excluding hydrogens is 255 g/mol. The molecule has 100 valence electrons. The van der Waals surface area contributed by atoms with Crippen molar-refractivity contribution >= 4 is 16.7 Å². The number of hydrogen-bond acceptors (Lipinski definition) is 3. The number of benzene rings is 2. The number of hydrogen-bond donors (Lipinski definition) is 2. The highest BCUT2D eigenvalue weighted by Gasteiger charge is 2.15. The number of fused-ring (bicyclic) bond motifs is 2. The fraction of sp³-hybridized carbons (Fsp3) is 0.133. The average Bonchev–Trinajstić information content (AvgIpc) is 2.91. The van der Waals surface area contributed by atoms with Crippen molar-refractivity contribution in [1.82, 2.24) is 9.66 Å². The maximum Gasteiger partial charge on any atom is 0.222 e. The molecule has 0 aliphatic carbocycles. The number of rotatable bonds is 1. The zero-order chi connectivity index (χ0) is 13.5. The number of halogens is 1. The van der Waals surface area contributed by atoms with Gasteiger partial charge in [-0.1, -0.05) is 24.3 Å². The summed E-state index contributed by atoms with van der Waals surface area (Å²) in [4.78, 5) is 4.57. The molecule has 0 atom stereocenters. The van der Waals surface area contributed by atoms with Gasteiger partial charge in [0, 0.05) is 24.0 Å². The van der Waals surface area contributed by atoms with Crippen LogP contribution in [0.5, 0.6) is 0 Å². The normalized spacial score (nSPS) is 13.7. The molecule has 0 fully saturated rings. The summed E-state index contributed by atoms with van der Waals surface area (Å²) in [5.74, 6) is 0.587. The largest absolute Gasteiger partial charge is 0.352 e. The van der Waals surface area contributed by atoms with E-state index in [1.54, 1.807) is 12.1 Å². The highest BCUT2D eigenvalue weighted by Crippen LogP contribution is 2.30. The van der Waals surface area contributed by atoms with Gasteiger partial charge in [-0.15, -0.1) is 0 Å². The van der Waals surface area contributed by atoms with Gasteiger partial charge >= 0.3 is 0 Å².